The van der Waals surface area contributed by atoms with Crippen molar-refractivity contribution in [3.8, 4) is 23.0 Å². The van der Waals surface area contributed by atoms with E-state index in [9.17, 15) is 9.59 Å². The lowest BCUT2D eigenvalue weighted by Crippen LogP contribution is -2.37. The highest BCUT2D eigenvalue weighted by molar-refractivity contribution is 5.68. The molecule has 0 fully saturated rings. The van der Waals surface area contributed by atoms with Crippen LogP contribution in [0, 0.1) is 0 Å². The molecule has 11 nitrogen and oxygen atoms in total. The van der Waals surface area contributed by atoms with Crippen molar-refractivity contribution in [1.29, 1.82) is 0 Å². The van der Waals surface area contributed by atoms with Crippen molar-refractivity contribution >= 4 is 12.2 Å². The minimum atomic E-state index is -0.531. The molecule has 4 rings (SSSR count). The summed E-state index contributed by atoms with van der Waals surface area (Å²) in [4.78, 5) is 31.6. The molecule has 2 amide bonds. The van der Waals surface area contributed by atoms with Crippen LogP contribution in [0.3, 0.4) is 0 Å². The molecule has 0 heterocycles. The molecule has 0 aromatic heterocycles. The molecular formula is C37H43N3O8. The maximum absolute atomic E-state index is 13.4. The number of carbonyl (C=O) groups excluding carboxylic acids is 2. The van der Waals surface area contributed by atoms with Gasteiger partial charge in [0.25, 0.3) is 0 Å². The summed E-state index contributed by atoms with van der Waals surface area (Å²) in [7, 11) is 8.09. The predicted molar refractivity (Wildman–Crippen MR) is 181 cm³/mol. The fraction of sp³-hybridized carbons (Fsp3) is 0.297. The Morgan fingerprint density at radius 1 is 0.479 bits per heavy atom. The molecule has 0 spiro atoms. The fourth-order valence-corrected chi connectivity index (χ4v) is 4.89. The van der Waals surface area contributed by atoms with Gasteiger partial charge in [-0.15, -0.1) is 0 Å². The summed E-state index contributed by atoms with van der Waals surface area (Å²) in [5, 5.41) is 0. The van der Waals surface area contributed by atoms with Crippen LogP contribution in [0.1, 0.15) is 22.3 Å². The van der Waals surface area contributed by atoms with Gasteiger partial charge in [-0.1, -0.05) is 48.5 Å². The van der Waals surface area contributed by atoms with Crippen LogP contribution in [0.2, 0.25) is 0 Å². The van der Waals surface area contributed by atoms with Crippen LogP contribution in [0.4, 0.5) is 9.59 Å². The highest BCUT2D eigenvalue weighted by Gasteiger charge is 2.20. The van der Waals surface area contributed by atoms with Crippen molar-refractivity contribution in [2.75, 3.05) is 48.9 Å². The molecule has 0 N–H and O–H groups in total. The molecule has 0 unspecified atom stereocenters. The standard InChI is InChI=1S/C37H43N3O8/c1-38(26-47-36(41)39(22-28-10-6-14-32(18-28)43-2)23-29-11-7-15-33(19-29)44-3)27-48-37(42)40(24-30-12-8-16-34(20-30)45-4)25-31-13-9-17-35(21-31)46-5/h6-21H,22-27H2,1-5H3. The van der Waals surface area contributed by atoms with Gasteiger partial charge < -0.3 is 28.4 Å². The highest BCUT2D eigenvalue weighted by atomic mass is 16.6. The number of ether oxygens (including phenoxy) is 6. The third-order valence-electron chi connectivity index (χ3n) is 7.36. The molecule has 4 aromatic carbocycles. The first kappa shape index (κ1) is 35.4. The maximum atomic E-state index is 13.4. The van der Waals surface area contributed by atoms with Crippen LogP contribution >= 0.6 is 0 Å². The third kappa shape index (κ3) is 10.8. The monoisotopic (exact) mass is 657 g/mol. The van der Waals surface area contributed by atoms with E-state index in [1.807, 2.05) is 97.1 Å². The number of nitrogens with zero attached hydrogens (tertiary/aromatic N) is 3. The van der Waals surface area contributed by atoms with E-state index in [-0.39, 0.29) is 39.6 Å². The van der Waals surface area contributed by atoms with E-state index in [0.717, 1.165) is 22.3 Å². The van der Waals surface area contributed by atoms with Crippen LogP contribution in [-0.4, -0.2) is 75.8 Å². The molecule has 48 heavy (non-hydrogen) atoms. The highest BCUT2D eigenvalue weighted by Crippen LogP contribution is 2.21. The van der Waals surface area contributed by atoms with E-state index in [4.69, 9.17) is 28.4 Å². The Bertz CT molecular complexity index is 1410. The summed E-state index contributed by atoms with van der Waals surface area (Å²) < 4.78 is 32.8. The summed E-state index contributed by atoms with van der Waals surface area (Å²) in [6.07, 6.45) is -1.06. The van der Waals surface area contributed by atoms with Crippen LogP contribution in [0.5, 0.6) is 23.0 Å². The average Bonchev–Trinajstić information content (AvgIpc) is 3.12. The van der Waals surface area contributed by atoms with Gasteiger partial charge in [0.15, 0.2) is 0 Å². The molecule has 0 saturated heterocycles. The van der Waals surface area contributed by atoms with Crippen molar-refractivity contribution in [2.24, 2.45) is 0 Å². The summed E-state index contributed by atoms with van der Waals surface area (Å²) in [6, 6.07) is 30.1. The molecule has 0 aliphatic carbocycles. The molecule has 0 bridgehead atoms. The third-order valence-corrected chi connectivity index (χ3v) is 7.36. The Morgan fingerprint density at radius 2 is 0.750 bits per heavy atom. The van der Waals surface area contributed by atoms with Gasteiger partial charge in [-0.3, -0.25) is 9.80 Å². The van der Waals surface area contributed by atoms with Gasteiger partial charge in [0.1, 0.15) is 36.5 Å². The van der Waals surface area contributed by atoms with Crippen molar-refractivity contribution in [3.05, 3.63) is 119 Å². The van der Waals surface area contributed by atoms with Gasteiger partial charge in [-0.25, -0.2) is 14.5 Å². The first-order chi connectivity index (χ1) is 23.3. The topological polar surface area (TPSA) is 99.2 Å². The van der Waals surface area contributed by atoms with E-state index < -0.39 is 12.2 Å². The molecule has 11 heteroatoms. The Morgan fingerprint density at radius 3 is 1.00 bits per heavy atom. The number of rotatable bonds is 16. The van der Waals surface area contributed by atoms with Crippen LogP contribution in [-0.2, 0) is 35.7 Å². The number of benzene rings is 4. The van der Waals surface area contributed by atoms with Crippen LogP contribution in [0.15, 0.2) is 97.1 Å². The number of hydrogen-bond acceptors (Lipinski definition) is 9. The lowest BCUT2D eigenvalue weighted by Gasteiger charge is -2.26. The van der Waals surface area contributed by atoms with Crippen molar-refractivity contribution in [1.82, 2.24) is 14.7 Å². The molecule has 0 aliphatic heterocycles. The molecule has 254 valence electrons. The van der Waals surface area contributed by atoms with Gasteiger partial charge in [0.05, 0.1) is 28.4 Å². The summed E-state index contributed by atoms with van der Waals surface area (Å²) in [5.41, 5.74) is 3.51. The Balaban J connectivity index is 1.39. The van der Waals surface area contributed by atoms with Gasteiger partial charge >= 0.3 is 12.2 Å². The van der Waals surface area contributed by atoms with Crippen molar-refractivity contribution < 1.29 is 38.0 Å². The second kappa shape index (κ2) is 18.1. The van der Waals surface area contributed by atoms with E-state index in [1.54, 1.807) is 50.2 Å². The maximum Gasteiger partial charge on any atom is 0.411 e. The zero-order valence-electron chi connectivity index (χ0n) is 28.1. The zero-order valence-corrected chi connectivity index (χ0v) is 28.1. The number of hydrogen-bond donors (Lipinski definition) is 0. The van der Waals surface area contributed by atoms with E-state index in [2.05, 4.69) is 0 Å². The summed E-state index contributed by atoms with van der Waals surface area (Å²) in [5.74, 6) is 2.76. The Kier molecular flexibility index (Phi) is 13.3. The average molecular weight is 658 g/mol. The largest absolute Gasteiger partial charge is 0.497 e. The van der Waals surface area contributed by atoms with Crippen LogP contribution < -0.4 is 18.9 Å². The number of methoxy groups -OCH3 is 4. The number of amides is 2. The van der Waals surface area contributed by atoms with E-state index in [0.29, 0.717) is 23.0 Å². The van der Waals surface area contributed by atoms with Gasteiger partial charge in [-0.05, 0) is 77.8 Å². The molecule has 0 aliphatic rings. The first-order valence-electron chi connectivity index (χ1n) is 15.3. The summed E-state index contributed by atoms with van der Waals surface area (Å²) in [6.45, 7) is 0.936. The van der Waals surface area contributed by atoms with Crippen molar-refractivity contribution in [2.45, 2.75) is 26.2 Å². The summed E-state index contributed by atoms with van der Waals surface area (Å²) >= 11 is 0. The predicted octanol–water partition coefficient (Wildman–Crippen LogP) is 6.55. The molecule has 4 aromatic rings. The van der Waals surface area contributed by atoms with Crippen LogP contribution in [0.25, 0.3) is 0 Å². The zero-order chi connectivity index (χ0) is 34.3. The lowest BCUT2D eigenvalue weighted by molar-refractivity contribution is -0.00233. The van der Waals surface area contributed by atoms with Crippen molar-refractivity contribution in [3.63, 3.8) is 0 Å². The smallest absolute Gasteiger partial charge is 0.411 e. The minimum Gasteiger partial charge on any atom is -0.497 e. The first-order valence-corrected chi connectivity index (χ1v) is 15.3. The second-order valence-corrected chi connectivity index (χ2v) is 11.1. The van der Waals surface area contributed by atoms with Gasteiger partial charge in [-0.2, -0.15) is 0 Å². The van der Waals surface area contributed by atoms with E-state index in [1.165, 1.54) is 0 Å². The minimum absolute atomic E-state index is 0.107. The molecule has 0 radical (unpaired) electrons. The quantitative estimate of drug-likeness (QED) is 0.124. The Labute approximate surface area is 282 Å². The second-order valence-electron chi connectivity index (χ2n) is 11.1. The molecule has 0 saturated carbocycles. The fourth-order valence-electron chi connectivity index (χ4n) is 4.89. The normalized spacial score (nSPS) is 10.6. The number of carbonyl (C=O) groups is 2. The Hall–Kier alpha value is -5.42. The lowest BCUT2D eigenvalue weighted by atomic mass is 10.1. The van der Waals surface area contributed by atoms with E-state index >= 15 is 0 Å². The SMILES string of the molecule is COc1cccc(CN(Cc2cccc(OC)c2)C(=O)OCN(C)COC(=O)N(Cc2cccc(OC)c2)Cc2cccc(OC)c2)c1. The van der Waals surface area contributed by atoms with Gasteiger partial charge in [0, 0.05) is 26.2 Å². The molecular weight excluding hydrogens is 614 g/mol. The van der Waals surface area contributed by atoms with Gasteiger partial charge in [0.2, 0.25) is 0 Å². The molecule has 0 atom stereocenters.